The standard InChI is InChI=1S/C22H20N4O2/c1-15(16-7-4-3-5-8-16)22(27)24-20-14-26-21(23-20)12-11-19(25-26)17-9-6-10-18(13-17)28-2/h3-15H,1-2H3,(H,24,27). The van der Waals surface area contributed by atoms with Crippen LogP contribution in [0.3, 0.4) is 0 Å². The molecule has 2 aromatic carbocycles. The Bertz CT molecular complexity index is 1120. The van der Waals surface area contributed by atoms with Gasteiger partial charge in [0.15, 0.2) is 11.5 Å². The van der Waals surface area contributed by atoms with E-state index in [-0.39, 0.29) is 11.8 Å². The normalized spacial score (nSPS) is 11.9. The number of anilines is 1. The van der Waals surface area contributed by atoms with Crippen molar-refractivity contribution in [2.75, 3.05) is 12.4 Å². The Morgan fingerprint density at radius 2 is 1.89 bits per heavy atom. The van der Waals surface area contributed by atoms with Crippen molar-refractivity contribution in [3.05, 3.63) is 78.5 Å². The van der Waals surface area contributed by atoms with Gasteiger partial charge in [-0.3, -0.25) is 4.79 Å². The van der Waals surface area contributed by atoms with E-state index in [1.165, 1.54) is 0 Å². The number of nitrogens with one attached hydrogen (secondary N) is 1. The zero-order valence-corrected chi connectivity index (χ0v) is 15.7. The average Bonchev–Trinajstić information content (AvgIpc) is 3.15. The molecule has 1 N–H and O–H groups in total. The number of nitrogens with zero attached hydrogens (tertiary/aromatic N) is 3. The predicted octanol–water partition coefficient (Wildman–Crippen LogP) is 4.15. The lowest BCUT2D eigenvalue weighted by Gasteiger charge is -2.10. The summed E-state index contributed by atoms with van der Waals surface area (Å²) in [7, 11) is 1.64. The maximum absolute atomic E-state index is 12.6. The van der Waals surface area contributed by atoms with Gasteiger partial charge in [-0.15, -0.1) is 0 Å². The molecule has 0 radical (unpaired) electrons. The van der Waals surface area contributed by atoms with Crippen LogP contribution in [0.25, 0.3) is 16.9 Å². The van der Waals surface area contributed by atoms with E-state index in [1.54, 1.807) is 17.8 Å². The Balaban J connectivity index is 1.57. The molecule has 1 unspecified atom stereocenters. The number of amides is 1. The Morgan fingerprint density at radius 3 is 2.68 bits per heavy atom. The minimum Gasteiger partial charge on any atom is -0.497 e. The van der Waals surface area contributed by atoms with Gasteiger partial charge in [-0.1, -0.05) is 42.5 Å². The second-order valence-electron chi connectivity index (χ2n) is 6.50. The van der Waals surface area contributed by atoms with Gasteiger partial charge in [-0.05, 0) is 36.8 Å². The summed E-state index contributed by atoms with van der Waals surface area (Å²) >= 11 is 0. The van der Waals surface area contributed by atoms with Crippen LogP contribution in [0.4, 0.5) is 5.82 Å². The van der Waals surface area contributed by atoms with Gasteiger partial charge in [0.2, 0.25) is 5.91 Å². The zero-order chi connectivity index (χ0) is 19.5. The molecule has 4 aromatic rings. The Kier molecular flexibility index (Phi) is 4.76. The van der Waals surface area contributed by atoms with Gasteiger partial charge in [0.05, 0.1) is 24.9 Å². The Labute approximate surface area is 162 Å². The first-order valence-electron chi connectivity index (χ1n) is 9.01. The minimum absolute atomic E-state index is 0.109. The van der Waals surface area contributed by atoms with E-state index >= 15 is 0 Å². The minimum atomic E-state index is -0.272. The summed E-state index contributed by atoms with van der Waals surface area (Å²) in [5.74, 6) is 0.866. The molecule has 0 aliphatic heterocycles. The van der Waals surface area contributed by atoms with Crippen molar-refractivity contribution in [3.63, 3.8) is 0 Å². The summed E-state index contributed by atoms with van der Waals surface area (Å²) in [6.07, 6.45) is 1.72. The quantitative estimate of drug-likeness (QED) is 0.571. The first-order chi connectivity index (χ1) is 13.6. The topological polar surface area (TPSA) is 68.5 Å². The van der Waals surface area contributed by atoms with Crippen molar-refractivity contribution in [1.29, 1.82) is 0 Å². The van der Waals surface area contributed by atoms with E-state index in [0.717, 1.165) is 22.6 Å². The zero-order valence-electron chi connectivity index (χ0n) is 15.7. The van der Waals surface area contributed by atoms with Crippen LogP contribution in [0.2, 0.25) is 0 Å². The highest BCUT2D eigenvalue weighted by atomic mass is 16.5. The Hall–Kier alpha value is -3.67. The average molecular weight is 372 g/mol. The number of rotatable bonds is 5. The number of ether oxygens (including phenoxy) is 1. The molecule has 6 heteroatoms. The largest absolute Gasteiger partial charge is 0.497 e. The monoisotopic (exact) mass is 372 g/mol. The van der Waals surface area contributed by atoms with Crippen LogP contribution >= 0.6 is 0 Å². The molecule has 0 bridgehead atoms. The number of fused-ring (bicyclic) bond motifs is 1. The summed E-state index contributed by atoms with van der Waals surface area (Å²) in [4.78, 5) is 17.0. The first kappa shape index (κ1) is 17.7. The maximum atomic E-state index is 12.6. The third-order valence-corrected chi connectivity index (χ3v) is 4.63. The lowest BCUT2D eigenvalue weighted by Crippen LogP contribution is -2.18. The fourth-order valence-corrected chi connectivity index (χ4v) is 3.01. The molecule has 1 atom stereocenters. The Morgan fingerprint density at radius 1 is 1.07 bits per heavy atom. The first-order valence-corrected chi connectivity index (χ1v) is 9.01. The van der Waals surface area contributed by atoms with E-state index in [0.29, 0.717) is 11.5 Å². The van der Waals surface area contributed by atoms with Gasteiger partial charge < -0.3 is 10.1 Å². The number of methoxy groups -OCH3 is 1. The molecule has 0 saturated heterocycles. The molecular weight excluding hydrogens is 352 g/mol. The van der Waals surface area contributed by atoms with Crippen LogP contribution in [0, 0.1) is 0 Å². The number of aromatic nitrogens is 3. The second kappa shape index (κ2) is 7.52. The number of carbonyl (C=O) groups excluding carboxylic acids is 1. The lowest BCUT2D eigenvalue weighted by molar-refractivity contribution is -0.117. The third kappa shape index (κ3) is 3.57. The maximum Gasteiger partial charge on any atom is 0.232 e. The molecule has 0 saturated carbocycles. The van der Waals surface area contributed by atoms with Gasteiger partial charge in [0.1, 0.15) is 5.75 Å². The fourth-order valence-electron chi connectivity index (χ4n) is 3.01. The van der Waals surface area contributed by atoms with Crippen molar-refractivity contribution in [3.8, 4) is 17.0 Å². The van der Waals surface area contributed by atoms with Crippen LogP contribution in [0.15, 0.2) is 72.9 Å². The highest BCUT2D eigenvalue weighted by Gasteiger charge is 2.16. The van der Waals surface area contributed by atoms with E-state index in [9.17, 15) is 4.79 Å². The van der Waals surface area contributed by atoms with Crippen LogP contribution in [0.5, 0.6) is 5.75 Å². The molecule has 140 valence electrons. The van der Waals surface area contributed by atoms with E-state index in [2.05, 4.69) is 15.4 Å². The SMILES string of the molecule is COc1cccc(-c2ccc3nc(NC(=O)C(C)c4ccccc4)cn3n2)c1. The molecule has 2 heterocycles. The van der Waals surface area contributed by atoms with Gasteiger partial charge >= 0.3 is 0 Å². The highest BCUT2D eigenvalue weighted by molar-refractivity contribution is 5.95. The van der Waals surface area contributed by atoms with Crippen molar-refractivity contribution in [1.82, 2.24) is 14.6 Å². The molecule has 0 spiro atoms. The molecule has 28 heavy (non-hydrogen) atoms. The molecular formula is C22H20N4O2. The van der Waals surface area contributed by atoms with Crippen molar-refractivity contribution in [2.24, 2.45) is 0 Å². The lowest BCUT2D eigenvalue weighted by atomic mass is 10.0. The van der Waals surface area contributed by atoms with Crippen LogP contribution in [-0.2, 0) is 4.79 Å². The van der Waals surface area contributed by atoms with E-state index < -0.39 is 0 Å². The van der Waals surface area contributed by atoms with Crippen molar-refractivity contribution < 1.29 is 9.53 Å². The molecule has 0 aliphatic carbocycles. The summed E-state index contributed by atoms with van der Waals surface area (Å²) < 4.78 is 6.94. The number of hydrogen-bond donors (Lipinski definition) is 1. The van der Waals surface area contributed by atoms with Crippen LogP contribution in [0.1, 0.15) is 18.4 Å². The molecule has 1 amide bonds. The van der Waals surface area contributed by atoms with E-state index in [1.807, 2.05) is 73.7 Å². The van der Waals surface area contributed by atoms with Crippen LogP contribution in [-0.4, -0.2) is 27.6 Å². The predicted molar refractivity (Wildman–Crippen MR) is 108 cm³/mol. The van der Waals surface area contributed by atoms with Crippen LogP contribution < -0.4 is 10.1 Å². The van der Waals surface area contributed by atoms with Crippen molar-refractivity contribution in [2.45, 2.75) is 12.8 Å². The van der Waals surface area contributed by atoms with Gasteiger partial charge in [0, 0.05) is 5.56 Å². The summed E-state index contributed by atoms with van der Waals surface area (Å²) in [5.41, 5.74) is 3.36. The number of hydrogen-bond acceptors (Lipinski definition) is 4. The fraction of sp³-hybridized carbons (Fsp3) is 0.136. The van der Waals surface area contributed by atoms with Gasteiger partial charge in [0.25, 0.3) is 0 Å². The molecule has 2 aromatic heterocycles. The third-order valence-electron chi connectivity index (χ3n) is 4.63. The second-order valence-corrected chi connectivity index (χ2v) is 6.50. The molecule has 0 aliphatic rings. The van der Waals surface area contributed by atoms with Gasteiger partial charge in [-0.2, -0.15) is 5.10 Å². The molecule has 0 fully saturated rings. The van der Waals surface area contributed by atoms with E-state index in [4.69, 9.17) is 4.74 Å². The van der Waals surface area contributed by atoms with Gasteiger partial charge in [-0.25, -0.2) is 9.50 Å². The summed E-state index contributed by atoms with van der Waals surface area (Å²) in [5, 5.41) is 7.48. The summed E-state index contributed by atoms with van der Waals surface area (Å²) in [6.45, 7) is 1.87. The van der Waals surface area contributed by atoms with Crippen molar-refractivity contribution >= 4 is 17.4 Å². The smallest absolute Gasteiger partial charge is 0.232 e. The summed E-state index contributed by atoms with van der Waals surface area (Å²) in [6, 6.07) is 21.1. The number of carbonyl (C=O) groups is 1. The molecule has 4 rings (SSSR count). The molecule has 6 nitrogen and oxygen atoms in total. The highest BCUT2D eigenvalue weighted by Crippen LogP contribution is 2.23. The number of imidazole rings is 1. The number of benzene rings is 2.